The topological polar surface area (TPSA) is 69.6 Å². The van der Waals surface area contributed by atoms with Crippen molar-refractivity contribution in [2.75, 3.05) is 0 Å². The summed E-state index contributed by atoms with van der Waals surface area (Å²) >= 11 is 18.9. The minimum absolute atomic E-state index is 0.267. The smallest absolute Gasteiger partial charge is 0.282 e. The van der Waals surface area contributed by atoms with Crippen LogP contribution in [0.25, 0.3) is 33.5 Å². The number of nitrogens with zero attached hydrogens (tertiary/aromatic N) is 3. The van der Waals surface area contributed by atoms with Gasteiger partial charge in [0, 0.05) is 10.4 Å². The number of hydrogen-bond donors (Lipinski definition) is 0. The van der Waals surface area contributed by atoms with Crippen molar-refractivity contribution in [3.05, 3.63) is 128 Å². The molecule has 0 amide bonds. The van der Waals surface area contributed by atoms with Gasteiger partial charge >= 0.3 is 0 Å². The highest BCUT2D eigenvalue weighted by molar-refractivity contribution is 6.37. The normalized spacial score (nSPS) is 11.6. The third kappa shape index (κ3) is 5.14. The first-order valence-corrected chi connectivity index (χ1v) is 13.0. The maximum atomic E-state index is 13.5. The van der Waals surface area contributed by atoms with Gasteiger partial charge in [-0.1, -0.05) is 77.3 Å². The summed E-state index contributed by atoms with van der Waals surface area (Å²) in [4.78, 5) is 18.2. The molecule has 0 fully saturated rings. The lowest BCUT2D eigenvalue weighted by Gasteiger charge is -2.11. The number of furan rings is 1. The molecule has 0 spiro atoms. The summed E-state index contributed by atoms with van der Waals surface area (Å²) < 4.78 is 13.1. The average molecular weight is 575 g/mol. The van der Waals surface area contributed by atoms with Gasteiger partial charge in [0.15, 0.2) is 11.5 Å². The van der Waals surface area contributed by atoms with Crippen molar-refractivity contribution in [3.8, 4) is 17.3 Å². The standard InChI is InChI=1S/C30H18Cl3N3O3/c31-21-11-9-18(10-12-21)17-38-28-23(32)13-19(14-24(28)33)16-34-36-29(27-15-20-5-1-4-8-26(20)39-27)35-25-7-3-2-6-22(25)30(36)37/h1-16H,17H2. The summed E-state index contributed by atoms with van der Waals surface area (Å²) in [6.07, 6.45) is 1.49. The van der Waals surface area contributed by atoms with Crippen molar-refractivity contribution < 1.29 is 9.15 Å². The molecular weight excluding hydrogens is 557 g/mol. The molecule has 2 heterocycles. The molecule has 9 heteroatoms. The van der Waals surface area contributed by atoms with E-state index in [0.717, 1.165) is 10.9 Å². The van der Waals surface area contributed by atoms with E-state index in [4.69, 9.17) is 48.9 Å². The third-order valence-electron chi connectivity index (χ3n) is 6.04. The van der Waals surface area contributed by atoms with Crippen LogP contribution in [0.4, 0.5) is 0 Å². The molecule has 0 N–H and O–H groups in total. The first-order chi connectivity index (χ1) is 19.0. The zero-order chi connectivity index (χ0) is 26.9. The molecule has 0 saturated carbocycles. The van der Waals surface area contributed by atoms with Crippen molar-refractivity contribution >= 4 is 62.9 Å². The second-order valence-electron chi connectivity index (χ2n) is 8.69. The number of aromatic nitrogens is 2. The second-order valence-corrected chi connectivity index (χ2v) is 9.94. The fourth-order valence-corrected chi connectivity index (χ4v) is 4.87. The number of para-hydroxylation sites is 2. The lowest BCUT2D eigenvalue weighted by atomic mass is 10.2. The van der Waals surface area contributed by atoms with E-state index in [2.05, 4.69) is 5.10 Å². The Morgan fingerprint density at radius 3 is 2.38 bits per heavy atom. The SMILES string of the molecule is O=c1c2ccccc2nc(-c2cc3ccccc3o2)n1N=Cc1cc(Cl)c(OCc2ccc(Cl)cc2)c(Cl)c1. The largest absolute Gasteiger partial charge is 0.486 e. The van der Waals surface area contributed by atoms with Gasteiger partial charge in [-0.25, -0.2) is 4.98 Å². The zero-order valence-corrected chi connectivity index (χ0v) is 22.4. The van der Waals surface area contributed by atoms with E-state index in [-0.39, 0.29) is 18.0 Å². The minimum Gasteiger partial charge on any atom is -0.486 e. The number of fused-ring (bicyclic) bond motifs is 2. The molecule has 0 aliphatic carbocycles. The van der Waals surface area contributed by atoms with E-state index in [0.29, 0.717) is 48.6 Å². The van der Waals surface area contributed by atoms with Gasteiger partial charge in [-0.05, 0) is 59.7 Å². The van der Waals surface area contributed by atoms with E-state index in [1.54, 1.807) is 42.5 Å². The van der Waals surface area contributed by atoms with Crippen LogP contribution in [0.2, 0.25) is 15.1 Å². The molecule has 0 bridgehead atoms. The maximum absolute atomic E-state index is 13.5. The van der Waals surface area contributed by atoms with Crippen LogP contribution in [0.3, 0.4) is 0 Å². The zero-order valence-electron chi connectivity index (χ0n) is 20.1. The van der Waals surface area contributed by atoms with Gasteiger partial charge in [-0.2, -0.15) is 9.78 Å². The monoisotopic (exact) mass is 573 g/mol. The van der Waals surface area contributed by atoms with Crippen LogP contribution in [0, 0.1) is 0 Å². The molecule has 2 aromatic heterocycles. The maximum Gasteiger partial charge on any atom is 0.282 e. The molecule has 6 aromatic rings. The predicted octanol–water partition coefficient (Wildman–Crippen LogP) is 8.23. The van der Waals surface area contributed by atoms with Crippen LogP contribution >= 0.6 is 34.8 Å². The Balaban J connectivity index is 1.37. The van der Waals surface area contributed by atoms with Crippen molar-refractivity contribution in [3.63, 3.8) is 0 Å². The van der Waals surface area contributed by atoms with E-state index < -0.39 is 0 Å². The van der Waals surface area contributed by atoms with Gasteiger partial charge in [0.05, 0.1) is 27.2 Å². The molecule has 0 radical (unpaired) electrons. The number of rotatable bonds is 6. The summed E-state index contributed by atoms with van der Waals surface area (Å²) in [5, 5.41) is 7.04. The summed E-state index contributed by atoms with van der Waals surface area (Å²) in [5.41, 5.74) is 2.36. The third-order valence-corrected chi connectivity index (χ3v) is 6.85. The fraction of sp³-hybridized carbons (Fsp3) is 0.0333. The van der Waals surface area contributed by atoms with Gasteiger partial charge in [-0.3, -0.25) is 4.79 Å². The molecule has 6 nitrogen and oxygen atoms in total. The Labute approximate surface area is 237 Å². The molecule has 0 saturated heterocycles. The van der Waals surface area contributed by atoms with E-state index >= 15 is 0 Å². The molecular formula is C30H18Cl3N3O3. The molecule has 0 aliphatic rings. The lowest BCUT2D eigenvalue weighted by molar-refractivity contribution is 0.306. The Hall–Kier alpha value is -4.10. The first-order valence-electron chi connectivity index (χ1n) is 11.9. The van der Waals surface area contributed by atoms with Crippen LogP contribution in [-0.2, 0) is 6.61 Å². The molecule has 0 aliphatic heterocycles. The van der Waals surface area contributed by atoms with Gasteiger partial charge in [0.2, 0.25) is 5.82 Å². The summed E-state index contributed by atoms with van der Waals surface area (Å²) in [5.74, 6) is 1.03. The minimum atomic E-state index is -0.340. The van der Waals surface area contributed by atoms with Gasteiger partial charge in [0.25, 0.3) is 5.56 Å². The molecule has 39 heavy (non-hydrogen) atoms. The highest BCUT2D eigenvalue weighted by Gasteiger charge is 2.17. The summed E-state index contributed by atoms with van der Waals surface area (Å²) in [7, 11) is 0. The van der Waals surface area contributed by atoms with Gasteiger partial charge in [-0.15, -0.1) is 0 Å². The van der Waals surface area contributed by atoms with Crippen molar-refractivity contribution in [2.45, 2.75) is 6.61 Å². The van der Waals surface area contributed by atoms with Crippen molar-refractivity contribution in [1.29, 1.82) is 0 Å². The highest BCUT2D eigenvalue weighted by Crippen LogP contribution is 2.34. The molecule has 0 atom stereocenters. The van der Waals surface area contributed by atoms with E-state index in [1.165, 1.54) is 10.9 Å². The molecule has 0 unspecified atom stereocenters. The average Bonchev–Trinajstić information content (AvgIpc) is 3.37. The van der Waals surface area contributed by atoms with Crippen LogP contribution in [0.1, 0.15) is 11.1 Å². The molecule has 192 valence electrons. The van der Waals surface area contributed by atoms with Crippen LogP contribution in [-0.4, -0.2) is 15.9 Å². The Morgan fingerprint density at radius 2 is 1.62 bits per heavy atom. The van der Waals surface area contributed by atoms with E-state index in [1.807, 2.05) is 48.5 Å². The molecule has 4 aromatic carbocycles. The number of ether oxygens (including phenoxy) is 1. The van der Waals surface area contributed by atoms with Gasteiger partial charge in [0.1, 0.15) is 12.2 Å². The number of benzene rings is 4. The lowest BCUT2D eigenvalue weighted by Crippen LogP contribution is -2.20. The van der Waals surface area contributed by atoms with Crippen LogP contribution < -0.4 is 10.3 Å². The van der Waals surface area contributed by atoms with E-state index in [9.17, 15) is 4.79 Å². The van der Waals surface area contributed by atoms with Crippen LogP contribution in [0.5, 0.6) is 5.75 Å². The summed E-state index contributed by atoms with van der Waals surface area (Å²) in [6.45, 7) is 0.267. The van der Waals surface area contributed by atoms with Crippen molar-refractivity contribution in [1.82, 2.24) is 9.66 Å². The first kappa shape index (κ1) is 25.2. The predicted molar refractivity (Wildman–Crippen MR) is 156 cm³/mol. The summed E-state index contributed by atoms with van der Waals surface area (Å²) in [6, 6.07) is 27.1. The van der Waals surface area contributed by atoms with Crippen LogP contribution in [0.15, 0.2) is 105 Å². The quantitative estimate of drug-likeness (QED) is 0.188. The van der Waals surface area contributed by atoms with Gasteiger partial charge < -0.3 is 9.15 Å². The number of hydrogen-bond acceptors (Lipinski definition) is 5. The number of halogens is 3. The van der Waals surface area contributed by atoms with Crippen molar-refractivity contribution in [2.24, 2.45) is 5.10 Å². The Morgan fingerprint density at radius 1 is 0.897 bits per heavy atom. The Kier molecular flexibility index (Phi) is 6.83. The second kappa shape index (κ2) is 10.6. The highest BCUT2D eigenvalue weighted by atomic mass is 35.5. The Bertz CT molecular complexity index is 1870. The molecule has 6 rings (SSSR count). The fourth-order valence-electron chi connectivity index (χ4n) is 4.13.